The second-order valence-corrected chi connectivity index (χ2v) is 15.7. The largest absolute Gasteiger partial charge is 0.352 e. The number of fused-ring (bicyclic) bond motifs is 2. The van der Waals surface area contributed by atoms with E-state index >= 15 is 0 Å². The number of rotatable bonds is 8. The van der Waals surface area contributed by atoms with Gasteiger partial charge < -0.3 is 15.3 Å². The van der Waals surface area contributed by atoms with Crippen LogP contribution in [0.2, 0.25) is 20.1 Å². The number of H-pyrrole nitrogens is 2. The van der Waals surface area contributed by atoms with Crippen molar-refractivity contribution in [2.75, 3.05) is 11.3 Å². The topological polar surface area (TPSA) is 133 Å². The summed E-state index contributed by atoms with van der Waals surface area (Å²) in [6, 6.07) is 24.7. The maximum absolute atomic E-state index is 13.0. The molecule has 4 N–H and O–H groups in total. The standard InChI is InChI=1S/C22H19Cl2N3O2S.C17H15Cl2N3O/c1-12-9-13(2)21(14(3)10-12)30(28,29)27-15-7-8-18-19(11-15)26-22(25-18)20-16(23)5-4-6-17(20)24;1-2-8-20-17(23)10-6-7-13-14(9-10)22-16(21-13)15-11(18)4-3-5-12(15)19/h4-11,27H,1-3H3,(H,25,26);3-7,9H,2,8H2,1H3,(H,20,23)(H,21,22). The zero-order valence-corrected chi connectivity index (χ0v) is 32.9. The number of halogens is 4. The maximum Gasteiger partial charge on any atom is 0.262 e. The average molecular weight is 809 g/mol. The van der Waals surface area contributed by atoms with E-state index in [1.54, 1.807) is 86.6 Å². The van der Waals surface area contributed by atoms with Crippen LogP contribution in [-0.4, -0.2) is 40.8 Å². The van der Waals surface area contributed by atoms with Gasteiger partial charge in [0.15, 0.2) is 0 Å². The number of aromatic nitrogens is 4. The van der Waals surface area contributed by atoms with Gasteiger partial charge in [0.05, 0.1) is 63.9 Å². The van der Waals surface area contributed by atoms with Gasteiger partial charge in [0.2, 0.25) is 0 Å². The lowest BCUT2D eigenvalue weighted by Gasteiger charge is -2.14. The van der Waals surface area contributed by atoms with Crippen LogP contribution in [0.25, 0.3) is 44.8 Å². The summed E-state index contributed by atoms with van der Waals surface area (Å²) in [6.07, 6.45) is 0.896. The van der Waals surface area contributed by atoms with E-state index in [0.717, 1.165) is 23.0 Å². The molecule has 53 heavy (non-hydrogen) atoms. The molecule has 7 aromatic rings. The Bertz CT molecular complexity index is 2560. The zero-order valence-electron chi connectivity index (χ0n) is 29.0. The molecule has 14 heteroatoms. The van der Waals surface area contributed by atoms with Gasteiger partial charge in [-0.1, -0.05) is 83.2 Å². The molecule has 0 saturated carbocycles. The van der Waals surface area contributed by atoms with Gasteiger partial charge in [-0.05, 0) is 99.0 Å². The van der Waals surface area contributed by atoms with Gasteiger partial charge in [-0.25, -0.2) is 18.4 Å². The number of aromatic amines is 2. The Hall–Kier alpha value is -4.58. The van der Waals surface area contributed by atoms with E-state index in [-0.39, 0.29) is 5.91 Å². The van der Waals surface area contributed by atoms with E-state index in [1.165, 1.54) is 0 Å². The average Bonchev–Trinajstić information content (AvgIpc) is 3.70. The molecule has 0 fully saturated rings. The molecule has 0 aliphatic rings. The summed E-state index contributed by atoms with van der Waals surface area (Å²) in [5.41, 5.74) is 7.57. The molecule has 0 saturated heterocycles. The predicted octanol–water partition coefficient (Wildman–Crippen LogP) is 10.9. The van der Waals surface area contributed by atoms with Crippen LogP contribution < -0.4 is 10.0 Å². The highest BCUT2D eigenvalue weighted by molar-refractivity contribution is 7.92. The van der Waals surface area contributed by atoms with Crippen LogP contribution in [0.15, 0.2) is 89.8 Å². The number of benzene rings is 5. The number of amides is 1. The Balaban J connectivity index is 0.000000188. The van der Waals surface area contributed by atoms with E-state index in [4.69, 9.17) is 46.4 Å². The lowest BCUT2D eigenvalue weighted by atomic mass is 10.1. The molecule has 0 aliphatic heterocycles. The van der Waals surface area contributed by atoms with Gasteiger partial charge in [0.25, 0.3) is 15.9 Å². The van der Waals surface area contributed by atoms with Crippen molar-refractivity contribution >= 4 is 90.1 Å². The SMILES string of the molecule is CCCNC(=O)c1ccc2nc(-c3c(Cl)cccc3Cl)[nH]c2c1.Cc1cc(C)c(S(=O)(=O)Nc2ccc3nc(-c4c(Cl)cccc4Cl)[nH]c3c2)c(C)c1. The quantitative estimate of drug-likeness (QED) is 0.121. The van der Waals surface area contributed by atoms with E-state index in [1.807, 2.05) is 26.0 Å². The molecular weight excluding hydrogens is 774 g/mol. The molecule has 1 amide bonds. The first-order chi connectivity index (χ1) is 25.2. The van der Waals surface area contributed by atoms with Gasteiger partial charge in [0.1, 0.15) is 11.6 Å². The summed E-state index contributed by atoms with van der Waals surface area (Å²) in [6.45, 7) is 8.20. The minimum atomic E-state index is -3.75. The number of sulfonamides is 1. The molecule has 0 bridgehead atoms. The third-order valence-corrected chi connectivity index (χ3v) is 11.2. The highest BCUT2D eigenvalue weighted by Gasteiger charge is 2.21. The molecule has 7 rings (SSSR count). The third kappa shape index (κ3) is 8.32. The van der Waals surface area contributed by atoms with Gasteiger partial charge in [-0.2, -0.15) is 0 Å². The van der Waals surface area contributed by atoms with Crippen molar-refractivity contribution in [3.05, 3.63) is 127 Å². The van der Waals surface area contributed by atoms with Crippen LogP contribution >= 0.6 is 46.4 Å². The van der Waals surface area contributed by atoms with Gasteiger partial charge in [-0.15, -0.1) is 0 Å². The highest BCUT2D eigenvalue weighted by Crippen LogP contribution is 2.36. The number of aryl methyl sites for hydroxylation is 3. The predicted molar refractivity (Wildman–Crippen MR) is 217 cm³/mol. The lowest BCUT2D eigenvalue weighted by Crippen LogP contribution is -2.23. The number of nitrogens with zero attached hydrogens (tertiary/aromatic N) is 2. The van der Waals surface area contributed by atoms with Crippen LogP contribution in [0.1, 0.15) is 40.4 Å². The molecule has 9 nitrogen and oxygen atoms in total. The van der Waals surface area contributed by atoms with Crippen LogP contribution in [-0.2, 0) is 10.0 Å². The molecule has 5 aromatic carbocycles. The number of hydrogen-bond acceptors (Lipinski definition) is 5. The lowest BCUT2D eigenvalue weighted by molar-refractivity contribution is 0.0953. The number of imidazole rings is 2. The Kier molecular flexibility index (Phi) is 11.4. The van der Waals surface area contributed by atoms with Crippen molar-refractivity contribution < 1.29 is 13.2 Å². The van der Waals surface area contributed by atoms with Crippen LogP contribution in [0, 0.1) is 20.8 Å². The summed E-state index contributed by atoms with van der Waals surface area (Å²) in [5.74, 6) is 1.01. The van der Waals surface area contributed by atoms with Crippen molar-refractivity contribution in [1.29, 1.82) is 0 Å². The zero-order chi connectivity index (χ0) is 38.0. The van der Waals surface area contributed by atoms with Crippen molar-refractivity contribution in [3.63, 3.8) is 0 Å². The smallest absolute Gasteiger partial charge is 0.262 e. The van der Waals surface area contributed by atoms with Crippen LogP contribution in [0.4, 0.5) is 5.69 Å². The monoisotopic (exact) mass is 806 g/mol. The van der Waals surface area contributed by atoms with Crippen molar-refractivity contribution in [2.45, 2.75) is 39.0 Å². The first-order valence-electron chi connectivity index (χ1n) is 16.5. The number of hydrogen-bond donors (Lipinski definition) is 4. The Labute approximate surface area is 327 Å². The number of carbonyl (C=O) groups excluding carboxylic acids is 1. The summed E-state index contributed by atoms with van der Waals surface area (Å²) in [4.78, 5) is 27.7. The fourth-order valence-electron chi connectivity index (χ4n) is 6.05. The van der Waals surface area contributed by atoms with Crippen molar-refractivity contribution in [1.82, 2.24) is 25.3 Å². The Morgan fingerprint density at radius 3 is 1.70 bits per heavy atom. The molecule has 272 valence electrons. The Morgan fingerprint density at radius 1 is 0.698 bits per heavy atom. The van der Waals surface area contributed by atoms with Crippen LogP contribution in [0.5, 0.6) is 0 Å². The minimum absolute atomic E-state index is 0.0966. The normalized spacial score (nSPS) is 11.4. The van der Waals surface area contributed by atoms with Crippen molar-refractivity contribution in [2.24, 2.45) is 0 Å². The Morgan fingerprint density at radius 2 is 1.19 bits per heavy atom. The molecule has 2 heterocycles. The second-order valence-electron chi connectivity index (χ2n) is 12.4. The van der Waals surface area contributed by atoms with Crippen LogP contribution in [0.3, 0.4) is 0 Å². The highest BCUT2D eigenvalue weighted by atomic mass is 35.5. The third-order valence-electron chi connectivity index (χ3n) is 8.29. The second kappa shape index (κ2) is 15.8. The van der Waals surface area contributed by atoms with Crippen molar-refractivity contribution in [3.8, 4) is 22.8 Å². The fourth-order valence-corrected chi connectivity index (χ4v) is 8.70. The number of anilines is 1. The molecule has 2 aromatic heterocycles. The van der Waals surface area contributed by atoms with Gasteiger partial charge in [0, 0.05) is 12.1 Å². The fraction of sp³-hybridized carbons (Fsp3) is 0.154. The summed E-state index contributed by atoms with van der Waals surface area (Å²) in [5, 5.41) is 4.86. The molecule has 0 aliphatic carbocycles. The van der Waals surface area contributed by atoms with Gasteiger partial charge in [-0.3, -0.25) is 9.52 Å². The molecular formula is C39H34Cl4N6O3S. The molecule has 0 spiro atoms. The van der Waals surface area contributed by atoms with Gasteiger partial charge >= 0.3 is 0 Å². The maximum atomic E-state index is 13.0. The minimum Gasteiger partial charge on any atom is -0.352 e. The first kappa shape index (κ1) is 38.2. The van der Waals surface area contributed by atoms with E-state index in [0.29, 0.717) is 87.7 Å². The summed E-state index contributed by atoms with van der Waals surface area (Å²) >= 11 is 25.0. The molecule has 0 radical (unpaired) electrons. The summed E-state index contributed by atoms with van der Waals surface area (Å²) in [7, 11) is -3.75. The number of carbonyl (C=O) groups is 1. The number of nitrogens with one attached hydrogen (secondary N) is 4. The molecule has 0 unspecified atom stereocenters. The van der Waals surface area contributed by atoms with E-state index in [2.05, 4.69) is 30.0 Å². The first-order valence-corrected chi connectivity index (χ1v) is 19.5. The van der Waals surface area contributed by atoms with E-state index < -0.39 is 10.0 Å². The van der Waals surface area contributed by atoms with E-state index in [9.17, 15) is 13.2 Å². The molecule has 0 atom stereocenters. The summed E-state index contributed by atoms with van der Waals surface area (Å²) < 4.78 is 28.7.